The number of aromatic nitrogens is 10. The van der Waals surface area contributed by atoms with Crippen LogP contribution in [0.3, 0.4) is 0 Å². The molecule has 732 valence electrons. The molecule has 15 heteroatoms. The van der Waals surface area contributed by atoms with Crippen molar-refractivity contribution < 1.29 is 77.8 Å². The van der Waals surface area contributed by atoms with Crippen molar-refractivity contribution in [3.63, 3.8) is 0 Å². The smallest absolute Gasteiger partial charge is 0.227 e. The fourth-order valence-electron chi connectivity index (χ4n) is 19.5. The van der Waals surface area contributed by atoms with Crippen LogP contribution in [-0.4, -0.2) is 24.9 Å². The third-order valence-electron chi connectivity index (χ3n) is 27.5. The highest BCUT2D eigenvalue weighted by Crippen LogP contribution is 2.45. The summed E-state index contributed by atoms with van der Waals surface area (Å²) in [5.74, 6) is -6.94. The van der Waals surface area contributed by atoms with Crippen molar-refractivity contribution in [1.29, 1.82) is 0 Å². The fourth-order valence-corrected chi connectivity index (χ4v) is 19.5. The van der Waals surface area contributed by atoms with Gasteiger partial charge >= 0.3 is 0 Å². The van der Waals surface area contributed by atoms with E-state index in [1.165, 1.54) is 83.3 Å². The maximum atomic E-state index is 8.64. The number of rotatable bonds is 20. The van der Waals surface area contributed by atoms with Gasteiger partial charge in [0.1, 0.15) is 35.2 Å². The Balaban J connectivity index is 0.000000145. The van der Waals surface area contributed by atoms with Gasteiger partial charge in [-0.25, -0.2) is 47.8 Å². The fraction of sp³-hybridized carbons (Fsp3) is 0.370. The number of benzene rings is 5. The highest BCUT2D eigenvalue weighted by Gasteiger charge is 2.32. The van der Waals surface area contributed by atoms with Gasteiger partial charge in [0, 0.05) is 173 Å². The highest BCUT2D eigenvalue weighted by molar-refractivity contribution is 6.13. The third kappa shape index (κ3) is 19.4. The van der Waals surface area contributed by atoms with Crippen LogP contribution in [0.2, 0.25) is 0 Å². The Hall–Kier alpha value is -13.4. The molecule has 0 aliphatic carbocycles. The minimum atomic E-state index is -2.63. The van der Waals surface area contributed by atoms with E-state index < -0.39 is 76.5 Å². The molecule has 0 fully saturated rings. The summed E-state index contributed by atoms with van der Waals surface area (Å²) in [5.41, 5.74) is 28.4. The summed E-state index contributed by atoms with van der Waals surface area (Å²) in [5, 5.41) is 9.45. The molecule has 0 bridgehead atoms. The number of pyridine rings is 10. The molecule has 142 heavy (non-hydrogen) atoms. The topological polar surface area (TPSA) is 150 Å². The van der Waals surface area contributed by atoms with E-state index in [0.29, 0.717) is 73.9 Å². The van der Waals surface area contributed by atoms with Crippen molar-refractivity contribution >= 4 is 110 Å². The lowest BCUT2D eigenvalue weighted by atomic mass is 9.93. The molecular formula is C127H149N10O5+5. The lowest BCUT2D eigenvalue weighted by molar-refractivity contribution is -0.661. The van der Waals surface area contributed by atoms with Gasteiger partial charge in [-0.3, -0.25) is 0 Å². The molecule has 4 unspecified atom stereocenters. The van der Waals surface area contributed by atoms with Crippen molar-refractivity contribution in [2.45, 2.75) is 279 Å². The average molecular weight is 1920 g/mol. The van der Waals surface area contributed by atoms with E-state index in [2.05, 4.69) is 120 Å². The van der Waals surface area contributed by atoms with E-state index in [1.807, 2.05) is 139 Å². The van der Waals surface area contributed by atoms with Crippen LogP contribution >= 0.6 is 0 Å². The lowest BCUT2D eigenvalue weighted by Crippen LogP contribution is -2.32. The SMILES string of the molecule is CCc1ccc2c(n1)oc1c(-c3cc(C(C)C)c(CC)c[n+]3C)c(C)ccc12.[2H]C([2H])(C)c1cc(-c2c(C)ccc3c2oc2nc(C(C)C)ccc23)[n+](C)cc1C([2H])(C)C([2H])([2H])[2H].[2H]C([2H])(C)c1cc(-c2c(C)ccc3c2oc2nc(C(C)C)ccc23)[n+](C)cc1C([2H])(C)C([2H])([2H])[2H].[2H]C([2H])(C)c1cc(-c2c(C)ccc3c2oc2nc(CC)ccc23)[n+](C)cc1C([2H])(C)C([2H])([2H])[2H].[2H]C([2H])(C)c1cc(-c2c(C)ccc3c2oc2nc(CC)ccc23)[n+](C)cc1C([2H])(C)C([2H])([2H])[2H]. The second-order valence-electron chi connectivity index (χ2n) is 38.3. The number of fused-ring (bicyclic) bond motifs is 15. The largest absolute Gasteiger partial charge is 0.437 e. The third-order valence-corrected chi connectivity index (χ3v) is 27.5. The van der Waals surface area contributed by atoms with Crippen LogP contribution in [-0.2, 0) is 86.4 Å². The minimum Gasteiger partial charge on any atom is -0.437 e. The van der Waals surface area contributed by atoms with Crippen LogP contribution in [0.1, 0.15) is 338 Å². The number of aryl methyl sites for hydroxylation is 18. The van der Waals surface area contributed by atoms with E-state index in [9.17, 15) is 0 Å². The summed E-state index contributed by atoms with van der Waals surface area (Å²) in [4.78, 5) is 23.4. The van der Waals surface area contributed by atoms with Crippen molar-refractivity contribution in [2.75, 3.05) is 0 Å². The number of furan rings is 5. The second-order valence-corrected chi connectivity index (χ2v) is 38.3. The first-order valence-corrected chi connectivity index (χ1v) is 49.2. The molecule has 0 aliphatic heterocycles. The summed E-state index contributed by atoms with van der Waals surface area (Å²) >= 11 is 0. The van der Waals surface area contributed by atoms with Gasteiger partial charge in [0.15, 0.2) is 58.9 Å². The molecule has 4 atom stereocenters. The molecule has 5 aromatic carbocycles. The molecule has 15 nitrogen and oxygen atoms in total. The van der Waals surface area contributed by atoms with E-state index >= 15 is 0 Å². The van der Waals surface area contributed by atoms with E-state index in [0.717, 1.165) is 164 Å². The standard InChI is InChI=1S/2C26H31N2O.3C25H29N2O/c2*1-8-18-13-23(28(7)14-21(18)15(2)3)24-17(6)9-10-19-20-11-12-22(16(4)5)27-26(20)29-25(19)24;1-7-17-14-27(6)22(13-21(17)15(3)4)23-16(5)9-11-19-20-12-10-18(8-2)26-25(20)28-24(19)23;2*1-7-17-13-22(27(6)14-21(17)15(3)4)23-16(5)9-11-19-20-12-10-18(8-2)26-25(20)28-24(19)23/h2*9-16H,8H2,1-7H3;3*9-15H,7-8H2,1-6H3/q5*+1/i2*2D3,8D2,15D;;2*3D3,7D2,15D. The number of hydrogen-bond donors (Lipinski definition) is 0. The highest BCUT2D eigenvalue weighted by atomic mass is 16.4. The zero-order valence-corrected chi connectivity index (χ0v) is 87.4. The van der Waals surface area contributed by atoms with Gasteiger partial charge < -0.3 is 22.1 Å². The second kappa shape index (κ2) is 42.0. The van der Waals surface area contributed by atoms with Crippen molar-refractivity contribution in [2.24, 2.45) is 35.2 Å². The molecule has 15 heterocycles. The predicted octanol–water partition coefficient (Wildman–Crippen LogP) is 31.3. The molecule has 0 N–H and O–H groups in total. The summed E-state index contributed by atoms with van der Waals surface area (Å²) in [6.45, 7) is 31.5. The zero-order valence-electron chi connectivity index (χ0n) is 111. The van der Waals surface area contributed by atoms with Gasteiger partial charge in [0.05, 0.1) is 27.8 Å². The summed E-state index contributed by atoms with van der Waals surface area (Å²) < 4.78 is 238. The Bertz CT molecular complexity index is 8940. The average Bonchev–Trinajstić information content (AvgIpc) is 1.48. The Kier molecular flexibility index (Phi) is 22.1. The van der Waals surface area contributed by atoms with Gasteiger partial charge in [-0.1, -0.05) is 213 Å². The lowest BCUT2D eigenvalue weighted by Gasteiger charge is -2.13. The predicted molar refractivity (Wildman–Crippen MR) is 588 cm³/mol. The monoisotopic (exact) mass is 1920 g/mol. The van der Waals surface area contributed by atoms with Crippen LogP contribution < -0.4 is 22.8 Å². The Labute approximate surface area is 874 Å². The van der Waals surface area contributed by atoms with Gasteiger partial charge in [0.25, 0.3) is 0 Å². The minimum absolute atomic E-state index is 0.133. The Morgan fingerprint density at radius 2 is 0.486 bits per heavy atom. The first kappa shape index (κ1) is 74.5. The molecule has 0 radical (unpaired) electrons. The maximum absolute atomic E-state index is 8.64. The molecule has 20 rings (SSSR count). The van der Waals surface area contributed by atoms with Crippen LogP contribution in [0, 0.1) is 34.6 Å². The van der Waals surface area contributed by atoms with E-state index in [4.69, 9.17) is 69.9 Å². The van der Waals surface area contributed by atoms with Gasteiger partial charge in [-0.05, 0) is 243 Å². The molecule has 15 aromatic heterocycles. The molecule has 20 aromatic rings. The van der Waals surface area contributed by atoms with E-state index in [1.54, 1.807) is 95.5 Å². The molecule has 0 spiro atoms. The van der Waals surface area contributed by atoms with Crippen molar-refractivity contribution in [3.05, 3.63) is 295 Å². The molecule has 0 amide bonds. The first-order chi connectivity index (χ1) is 76.8. The summed E-state index contributed by atoms with van der Waals surface area (Å²) in [6.07, 6.45) is 4.63. The van der Waals surface area contributed by atoms with E-state index in [-0.39, 0.29) is 56.3 Å². The van der Waals surface area contributed by atoms with Gasteiger partial charge in [-0.2, -0.15) is 0 Å². The summed E-state index contributed by atoms with van der Waals surface area (Å²) in [7, 11) is 9.24. The molecule has 0 aliphatic rings. The Morgan fingerprint density at radius 1 is 0.261 bits per heavy atom. The normalized spacial score (nSPS) is 16.8. The molecule has 0 saturated heterocycles. The van der Waals surface area contributed by atoms with Gasteiger partial charge in [-0.15, -0.1) is 0 Å². The van der Waals surface area contributed by atoms with Crippen LogP contribution in [0.15, 0.2) is 205 Å². The maximum Gasteiger partial charge on any atom is 0.227 e. The van der Waals surface area contributed by atoms with Crippen LogP contribution in [0.4, 0.5) is 0 Å². The van der Waals surface area contributed by atoms with Gasteiger partial charge in [0.2, 0.25) is 57.0 Å². The number of nitrogens with zero attached hydrogens (tertiary/aromatic N) is 10. The van der Waals surface area contributed by atoms with Crippen LogP contribution in [0.5, 0.6) is 0 Å². The number of hydrogen-bond acceptors (Lipinski definition) is 10. The van der Waals surface area contributed by atoms with Crippen LogP contribution in [0.25, 0.3) is 167 Å². The first-order valence-electron chi connectivity index (χ1n) is 61.2. The quantitative estimate of drug-likeness (QED) is 0.0675. The zero-order chi connectivity index (χ0) is 123. The Morgan fingerprint density at radius 3 is 0.704 bits per heavy atom. The molecular weight excluding hydrogens is 1750 g/mol. The summed E-state index contributed by atoms with van der Waals surface area (Å²) in [6, 6.07) is 49.6. The van der Waals surface area contributed by atoms with Crippen molar-refractivity contribution in [1.82, 2.24) is 24.9 Å². The molecule has 0 saturated carbocycles. The van der Waals surface area contributed by atoms with Crippen molar-refractivity contribution in [3.8, 4) is 56.3 Å².